The Labute approximate surface area is 88.3 Å². The molecule has 5 nitrogen and oxygen atoms in total. The molecule has 0 amide bonds. The number of fused-ring (bicyclic) bond motifs is 1. The minimum Gasteiger partial charge on any atom is -0.481 e. The molecule has 2 rings (SSSR count). The summed E-state index contributed by atoms with van der Waals surface area (Å²) < 4.78 is 2.11. The molecule has 0 saturated heterocycles. The fourth-order valence-electron chi connectivity index (χ4n) is 1.84. The van der Waals surface area contributed by atoms with E-state index in [0.29, 0.717) is 6.54 Å². The molecule has 2 heterocycles. The smallest absolute Gasteiger partial charge is 0.307 e. The highest BCUT2D eigenvalue weighted by Gasteiger charge is 2.20. The van der Waals surface area contributed by atoms with Crippen molar-refractivity contribution in [3.63, 3.8) is 0 Å². The predicted octanol–water partition coefficient (Wildman–Crippen LogP) is 0.419. The molecule has 1 unspecified atom stereocenters. The van der Waals surface area contributed by atoms with Crippen molar-refractivity contribution in [1.82, 2.24) is 14.5 Å². The first-order valence-corrected chi connectivity index (χ1v) is 5.12. The molecule has 5 heteroatoms. The van der Waals surface area contributed by atoms with Crippen LogP contribution in [0.4, 0.5) is 0 Å². The van der Waals surface area contributed by atoms with Crippen LogP contribution in [0.2, 0.25) is 0 Å². The molecule has 1 aromatic rings. The maximum atomic E-state index is 10.7. The van der Waals surface area contributed by atoms with Crippen LogP contribution < -0.4 is 0 Å². The summed E-state index contributed by atoms with van der Waals surface area (Å²) in [5, 5.41) is 8.82. The first-order valence-electron chi connectivity index (χ1n) is 5.12. The van der Waals surface area contributed by atoms with E-state index in [9.17, 15) is 4.79 Å². The molecular formula is C10H15N3O2. The SMILES string of the molecule is CC(CN1CCn2ccnc2C1)C(=O)O. The highest BCUT2D eigenvalue weighted by Crippen LogP contribution is 2.11. The molecule has 0 aromatic carbocycles. The number of aliphatic carboxylic acids is 1. The first kappa shape index (κ1) is 10.2. The van der Waals surface area contributed by atoms with Crippen LogP contribution in [-0.2, 0) is 17.9 Å². The summed E-state index contributed by atoms with van der Waals surface area (Å²) >= 11 is 0. The van der Waals surface area contributed by atoms with Gasteiger partial charge in [0, 0.05) is 32.0 Å². The number of carboxylic acids is 1. The molecule has 0 radical (unpaired) electrons. The van der Waals surface area contributed by atoms with Gasteiger partial charge in [-0.05, 0) is 0 Å². The van der Waals surface area contributed by atoms with Gasteiger partial charge in [-0.15, -0.1) is 0 Å². The molecule has 0 spiro atoms. The van der Waals surface area contributed by atoms with Crippen LogP contribution >= 0.6 is 0 Å². The topological polar surface area (TPSA) is 58.4 Å². The van der Waals surface area contributed by atoms with Crippen molar-refractivity contribution in [2.24, 2.45) is 5.92 Å². The van der Waals surface area contributed by atoms with Crippen molar-refractivity contribution in [2.45, 2.75) is 20.0 Å². The third-order valence-electron chi connectivity index (χ3n) is 2.78. The summed E-state index contributed by atoms with van der Waals surface area (Å²) in [6, 6.07) is 0. The molecule has 15 heavy (non-hydrogen) atoms. The van der Waals surface area contributed by atoms with Gasteiger partial charge in [-0.1, -0.05) is 6.92 Å². The standard InChI is InChI=1S/C10H15N3O2/c1-8(10(14)15)6-12-4-5-13-3-2-11-9(13)7-12/h2-3,8H,4-7H2,1H3,(H,14,15). The molecule has 1 aliphatic heterocycles. The van der Waals surface area contributed by atoms with Gasteiger partial charge in [0.25, 0.3) is 0 Å². The third kappa shape index (κ3) is 2.18. The Hall–Kier alpha value is -1.36. The number of imidazole rings is 1. The van der Waals surface area contributed by atoms with E-state index in [4.69, 9.17) is 5.11 Å². The molecule has 0 fully saturated rings. The number of carbonyl (C=O) groups is 1. The van der Waals surface area contributed by atoms with Crippen LogP contribution in [0.3, 0.4) is 0 Å². The number of carboxylic acid groups (broad SMARTS) is 1. The Morgan fingerprint density at radius 1 is 1.67 bits per heavy atom. The van der Waals surface area contributed by atoms with Crippen molar-refractivity contribution in [3.8, 4) is 0 Å². The number of hydrogen-bond acceptors (Lipinski definition) is 3. The van der Waals surface area contributed by atoms with Crippen LogP contribution in [0.5, 0.6) is 0 Å². The predicted molar refractivity (Wildman–Crippen MR) is 54.3 cm³/mol. The maximum Gasteiger partial charge on any atom is 0.307 e. The Balaban J connectivity index is 1.95. The summed E-state index contributed by atoms with van der Waals surface area (Å²) in [6.45, 7) is 4.90. The van der Waals surface area contributed by atoms with Crippen LogP contribution in [0.1, 0.15) is 12.7 Å². The highest BCUT2D eigenvalue weighted by molar-refractivity contribution is 5.69. The number of hydrogen-bond donors (Lipinski definition) is 1. The van der Waals surface area contributed by atoms with Gasteiger partial charge in [-0.2, -0.15) is 0 Å². The zero-order chi connectivity index (χ0) is 10.8. The minimum absolute atomic E-state index is 0.313. The highest BCUT2D eigenvalue weighted by atomic mass is 16.4. The average molecular weight is 209 g/mol. The molecular weight excluding hydrogens is 194 g/mol. The fourth-order valence-corrected chi connectivity index (χ4v) is 1.84. The van der Waals surface area contributed by atoms with Gasteiger partial charge in [-0.25, -0.2) is 4.98 Å². The van der Waals surface area contributed by atoms with Crippen molar-refractivity contribution in [2.75, 3.05) is 13.1 Å². The molecule has 0 aliphatic carbocycles. The van der Waals surface area contributed by atoms with Gasteiger partial charge in [0.15, 0.2) is 0 Å². The van der Waals surface area contributed by atoms with Gasteiger partial charge in [0.1, 0.15) is 5.82 Å². The lowest BCUT2D eigenvalue weighted by Crippen LogP contribution is -2.38. The van der Waals surface area contributed by atoms with Gasteiger partial charge in [0.2, 0.25) is 0 Å². The van der Waals surface area contributed by atoms with E-state index in [1.165, 1.54) is 0 Å². The van der Waals surface area contributed by atoms with Gasteiger partial charge in [-0.3, -0.25) is 9.69 Å². The van der Waals surface area contributed by atoms with Crippen LogP contribution in [-0.4, -0.2) is 38.6 Å². The van der Waals surface area contributed by atoms with Crippen molar-refractivity contribution in [1.29, 1.82) is 0 Å². The van der Waals surface area contributed by atoms with E-state index in [1.54, 1.807) is 13.1 Å². The van der Waals surface area contributed by atoms with Gasteiger partial charge >= 0.3 is 5.97 Å². The van der Waals surface area contributed by atoms with Crippen LogP contribution in [0, 0.1) is 5.92 Å². The second kappa shape index (κ2) is 4.02. The second-order valence-corrected chi connectivity index (χ2v) is 4.01. The lowest BCUT2D eigenvalue weighted by atomic mass is 10.1. The molecule has 1 N–H and O–H groups in total. The summed E-state index contributed by atoms with van der Waals surface area (Å²) in [5.74, 6) is -0.0192. The van der Waals surface area contributed by atoms with E-state index in [-0.39, 0.29) is 5.92 Å². The molecule has 0 bridgehead atoms. The van der Waals surface area contributed by atoms with Crippen molar-refractivity contribution < 1.29 is 9.90 Å². The van der Waals surface area contributed by atoms with E-state index < -0.39 is 5.97 Å². The zero-order valence-electron chi connectivity index (χ0n) is 8.76. The normalized spacial score (nSPS) is 18.5. The Bertz CT molecular complexity index is 361. The zero-order valence-corrected chi connectivity index (χ0v) is 8.76. The summed E-state index contributed by atoms with van der Waals surface area (Å²) in [5.41, 5.74) is 0. The molecule has 1 aromatic heterocycles. The van der Waals surface area contributed by atoms with Gasteiger partial charge in [0.05, 0.1) is 12.5 Å². The van der Waals surface area contributed by atoms with Crippen LogP contribution in [0.15, 0.2) is 12.4 Å². The minimum atomic E-state index is -0.732. The average Bonchev–Trinajstić information content (AvgIpc) is 2.64. The summed E-state index contributed by atoms with van der Waals surface area (Å²) in [4.78, 5) is 17.1. The fraction of sp³-hybridized carbons (Fsp3) is 0.600. The van der Waals surface area contributed by atoms with Gasteiger partial charge < -0.3 is 9.67 Å². The van der Waals surface area contributed by atoms with E-state index in [0.717, 1.165) is 25.5 Å². The molecule has 0 saturated carbocycles. The van der Waals surface area contributed by atoms with Crippen molar-refractivity contribution in [3.05, 3.63) is 18.2 Å². The van der Waals surface area contributed by atoms with Crippen molar-refractivity contribution >= 4 is 5.97 Å². The number of rotatable bonds is 3. The maximum absolute atomic E-state index is 10.7. The number of nitrogens with zero attached hydrogens (tertiary/aromatic N) is 3. The largest absolute Gasteiger partial charge is 0.481 e. The lowest BCUT2D eigenvalue weighted by Gasteiger charge is -2.28. The second-order valence-electron chi connectivity index (χ2n) is 4.01. The van der Waals surface area contributed by atoms with Crippen LogP contribution in [0.25, 0.3) is 0 Å². The molecule has 1 atom stereocenters. The third-order valence-corrected chi connectivity index (χ3v) is 2.78. The van der Waals surface area contributed by atoms with E-state index in [2.05, 4.69) is 14.5 Å². The summed E-state index contributed by atoms with van der Waals surface area (Å²) in [6.07, 6.45) is 3.76. The quantitative estimate of drug-likeness (QED) is 0.783. The Morgan fingerprint density at radius 2 is 2.47 bits per heavy atom. The number of aromatic nitrogens is 2. The Morgan fingerprint density at radius 3 is 3.20 bits per heavy atom. The monoisotopic (exact) mass is 209 g/mol. The Kier molecular flexibility index (Phi) is 2.73. The van der Waals surface area contributed by atoms with E-state index in [1.807, 2.05) is 6.20 Å². The lowest BCUT2D eigenvalue weighted by molar-refractivity contribution is -0.141. The molecule has 1 aliphatic rings. The van der Waals surface area contributed by atoms with E-state index >= 15 is 0 Å². The first-order chi connectivity index (χ1) is 7.16. The summed E-state index contributed by atoms with van der Waals surface area (Å²) in [7, 11) is 0. The molecule has 82 valence electrons.